The van der Waals surface area contributed by atoms with Crippen molar-refractivity contribution in [2.24, 2.45) is 0 Å². The lowest BCUT2D eigenvalue weighted by atomic mass is 10.1. The lowest BCUT2D eigenvalue weighted by Crippen LogP contribution is -2.15. The second kappa shape index (κ2) is 10.7. The molecule has 0 aromatic heterocycles. The van der Waals surface area contributed by atoms with Crippen molar-refractivity contribution in [1.29, 1.82) is 0 Å². The summed E-state index contributed by atoms with van der Waals surface area (Å²) in [5.41, 5.74) is 1.05. The van der Waals surface area contributed by atoms with Crippen LogP contribution in [0.25, 0.3) is 0 Å². The molecule has 0 amide bonds. The quantitative estimate of drug-likeness (QED) is 0.595. The van der Waals surface area contributed by atoms with Gasteiger partial charge in [0, 0.05) is 17.6 Å². The van der Waals surface area contributed by atoms with Crippen LogP contribution in [-0.4, -0.2) is 20.3 Å². The highest BCUT2D eigenvalue weighted by Gasteiger charge is 2.10. The van der Waals surface area contributed by atoms with E-state index >= 15 is 0 Å². The van der Waals surface area contributed by atoms with Gasteiger partial charge in [-0.25, -0.2) is 0 Å². The van der Waals surface area contributed by atoms with Gasteiger partial charge in [-0.15, -0.1) is 0 Å². The molecule has 21 heavy (non-hydrogen) atoms. The van der Waals surface area contributed by atoms with Gasteiger partial charge in [-0.1, -0.05) is 44.2 Å². The van der Waals surface area contributed by atoms with Crippen LogP contribution in [0.4, 0.5) is 0 Å². The molecule has 1 N–H and O–H groups in total. The third kappa shape index (κ3) is 6.58. The van der Waals surface area contributed by atoms with Gasteiger partial charge in [0.2, 0.25) is 0 Å². The van der Waals surface area contributed by atoms with Gasteiger partial charge >= 0.3 is 0 Å². The molecule has 0 aliphatic heterocycles. The zero-order valence-electron chi connectivity index (χ0n) is 13.5. The predicted octanol–water partition coefficient (Wildman–Crippen LogP) is 4.81. The van der Waals surface area contributed by atoms with E-state index in [-0.39, 0.29) is 0 Å². The van der Waals surface area contributed by atoms with E-state index in [1.807, 2.05) is 19.1 Å². The summed E-state index contributed by atoms with van der Waals surface area (Å²) in [5.74, 6) is 1.44. The van der Waals surface area contributed by atoms with Crippen LogP contribution in [0.3, 0.4) is 0 Å². The molecule has 0 heterocycles. The molecule has 0 unspecified atom stereocenters. The molecule has 0 radical (unpaired) electrons. The average molecular weight is 314 g/mol. The molecule has 0 saturated carbocycles. The van der Waals surface area contributed by atoms with Crippen molar-refractivity contribution in [3.05, 3.63) is 22.7 Å². The summed E-state index contributed by atoms with van der Waals surface area (Å²) in [4.78, 5) is 0. The molecule has 120 valence electrons. The monoisotopic (exact) mass is 313 g/mol. The average Bonchev–Trinajstić information content (AvgIpc) is 2.49. The van der Waals surface area contributed by atoms with Crippen molar-refractivity contribution in [3.8, 4) is 11.5 Å². The molecule has 0 fully saturated rings. The van der Waals surface area contributed by atoms with Crippen molar-refractivity contribution < 1.29 is 9.47 Å². The SMILES string of the molecule is CCCCCCCNCc1cc(OCC)c(OC)cc1Cl. The van der Waals surface area contributed by atoms with Gasteiger partial charge in [0.1, 0.15) is 0 Å². The fourth-order valence-electron chi connectivity index (χ4n) is 2.22. The van der Waals surface area contributed by atoms with Crippen molar-refractivity contribution in [2.45, 2.75) is 52.5 Å². The zero-order chi connectivity index (χ0) is 15.5. The largest absolute Gasteiger partial charge is 0.493 e. The van der Waals surface area contributed by atoms with E-state index in [4.69, 9.17) is 21.1 Å². The number of nitrogens with one attached hydrogen (secondary N) is 1. The number of unbranched alkanes of at least 4 members (excludes halogenated alkanes) is 4. The fraction of sp³-hybridized carbons (Fsp3) is 0.647. The first kappa shape index (κ1) is 18.1. The van der Waals surface area contributed by atoms with Crippen molar-refractivity contribution >= 4 is 11.6 Å². The Morgan fingerprint density at radius 2 is 1.81 bits per heavy atom. The Bertz CT molecular complexity index is 410. The Balaban J connectivity index is 2.45. The van der Waals surface area contributed by atoms with Crippen LogP contribution in [-0.2, 0) is 6.54 Å². The van der Waals surface area contributed by atoms with Crippen LogP contribution in [0.5, 0.6) is 11.5 Å². The zero-order valence-corrected chi connectivity index (χ0v) is 14.3. The minimum absolute atomic E-state index is 0.613. The first-order valence-electron chi connectivity index (χ1n) is 7.92. The second-order valence-corrected chi connectivity index (χ2v) is 5.53. The van der Waals surface area contributed by atoms with E-state index in [0.29, 0.717) is 17.4 Å². The van der Waals surface area contributed by atoms with Crippen LogP contribution >= 0.6 is 11.6 Å². The van der Waals surface area contributed by atoms with E-state index in [9.17, 15) is 0 Å². The highest BCUT2D eigenvalue weighted by molar-refractivity contribution is 6.31. The van der Waals surface area contributed by atoms with Crippen molar-refractivity contribution in [2.75, 3.05) is 20.3 Å². The molecule has 1 aromatic carbocycles. The number of ether oxygens (including phenoxy) is 2. The lowest BCUT2D eigenvalue weighted by molar-refractivity contribution is 0.310. The standard InChI is InChI=1S/C17H28ClNO2/c1-4-6-7-8-9-10-19-13-14-11-17(21-5-2)16(20-3)12-15(14)18/h11-12,19H,4-10,13H2,1-3H3. The lowest BCUT2D eigenvalue weighted by Gasteiger charge is -2.13. The first-order chi connectivity index (χ1) is 10.2. The van der Waals surface area contributed by atoms with E-state index in [0.717, 1.165) is 24.4 Å². The maximum Gasteiger partial charge on any atom is 0.162 e. The third-order valence-electron chi connectivity index (χ3n) is 3.41. The summed E-state index contributed by atoms with van der Waals surface area (Å²) in [6.07, 6.45) is 6.46. The van der Waals surface area contributed by atoms with Gasteiger partial charge in [-0.05, 0) is 31.5 Å². The van der Waals surface area contributed by atoms with E-state index in [2.05, 4.69) is 12.2 Å². The summed E-state index contributed by atoms with van der Waals surface area (Å²) in [6.45, 7) is 6.59. The molecular formula is C17H28ClNO2. The number of halogens is 1. The second-order valence-electron chi connectivity index (χ2n) is 5.12. The number of benzene rings is 1. The molecule has 0 aliphatic rings. The Hall–Kier alpha value is -0.930. The highest BCUT2D eigenvalue weighted by Crippen LogP contribution is 2.33. The number of methoxy groups -OCH3 is 1. The van der Waals surface area contributed by atoms with E-state index in [1.165, 1.54) is 32.1 Å². The van der Waals surface area contributed by atoms with Gasteiger partial charge in [0.25, 0.3) is 0 Å². The molecule has 1 rings (SSSR count). The van der Waals surface area contributed by atoms with Crippen molar-refractivity contribution in [3.63, 3.8) is 0 Å². The number of rotatable bonds is 11. The normalized spacial score (nSPS) is 10.7. The number of hydrogen-bond acceptors (Lipinski definition) is 3. The van der Waals surface area contributed by atoms with E-state index in [1.54, 1.807) is 7.11 Å². The Morgan fingerprint density at radius 3 is 2.48 bits per heavy atom. The predicted molar refractivity (Wildman–Crippen MR) is 89.6 cm³/mol. The molecule has 0 aliphatic carbocycles. The summed E-state index contributed by atoms with van der Waals surface area (Å²) < 4.78 is 10.9. The summed E-state index contributed by atoms with van der Waals surface area (Å²) >= 11 is 6.29. The van der Waals surface area contributed by atoms with Crippen molar-refractivity contribution in [1.82, 2.24) is 5.32 Å². The van der Waals surface area contributed by atoms with Gasteiger partial charge < -0.3 is 14.8 Å². The maximum atomic E-state index is 6.29. The molecule has 0 bridgehead atoms. The van der Waals surface area contributed by atoms with Crippen LogP contribution in [0.1, 0.15) is 51.5 Å². The molecule has 3 nitrogen and oxygen atoms in total. The Morgan fingerprint density at radius 1 is 1.05 bits per heavy atom. The third-order valence-corrected chi connectivity index (χ3v) is 3.76. The first-order valence-corrected chi connectivity index (χ1v) is 8.30. The Labute approximate surface area is 134 Å². The molecule has 1 aromatic rings. The van der Waals surface area contributed by atoms with E-state index < -0.39 is 0 Å². The fourth-order valence-corrected chi connectivity index (χ4v) is 2.44. The highest BCUT2D eigenvalue weighted by atomic mass is 35.5. The van der Waals surface area contributed by atoms with Crippen LogP contribution in [0.15, 0.2) is 12.1 Å². The maximum absolute atomic E-state index is 6.29. The minimum atomic E-state index is 0.613. The topological polar surface area (TPSA) is 30.5 Å². The van der Waals surface area contributed by atoms with Gasteiger partial charge in [-0.3, -0.25) is 0 Å². The minimum Gasteiger partial charge on any atom is -0.493 e. The summed E-state index contributed by atoms with van der Waals surface area (Å²) in [5, 5.41) is 4.16. The van der Waals surface area contributed by atoms with Crippen LogP contribution in [0, 0.1) is 0 Å². The van der Waals surface area contributed by atoms with Crippen LogP contribution < -0.4 is 14.8 Å². The molecule has 0 spiro atoms. The van der Waals surface area contributed by atoms with Gasteiger partial charge in [-0.2, -0.15) is 0 Å². The smallest absolute Gasteiger partial charge is 0.162 e. The summed E-state index contributed by atoms with van der Waals surface area (Å²) in [7, 11) is 1.63. The molecule has 0 saturated heterocycles. The summed E-state index contributed by atoms with van der Waals surface area (Å²) in [6, 6.07) is 3.79. The van der Waals surface area contributed by atoms with Crippen LogP contribution in [0.2, 0.25) is 5.02 Å². The van der Waals surface area contributed by atoms with Gasteiger partial charge in [0.15, 0.2) is 11.5 Å². The van der Waals surface area contributed by atoms with Gasteiger partial charge in [0.05, 0.1) is 13.7 Å². The molecular weight excluding hydrogens is 286 g/mol. The number of hydrogen-bond donors (Lipinski definition) is 1. The molecule has 0 atom stereocenters. The molecule has 4 heteroatoms. The Kier molecular flexibility index (Phi) is 9.27.